The Hall–Kier alpha value is -2.55. The summed E-state index contributed by atoms with van der Waals surface area (Å²) in [5.74, 6) is 0. The highest BCUT2D eigenvalue weighted by Gasteiger charge is 2.12. The molecule has 1 N–H and O–H groups in total. The van der Waals surface area contributed by atoms with E-state index in [0.29, 0.717) is 0 Å². The van der Waals surface area contributed by atoms with Crippen LogP contribution in [0, 0.1) is 13.8 Å². The molecule has 2 aromatic carbocycles. The van der Waals surface area contributed by atoms with Crippen molar-refractivity contribution in [2.75, 3.05) is 0 Å². The summed E-state index contributed by atoms with van der Waals surface area (Å²) in [6, 6.07) is 14.8. The molecular weight excluding hydrogens is 258 g/mol. The van der Waals surface area contributed by atoms with E-state index < -0.39 is 0 Å². The second-order valence-corrected chi connectivity index (χ2v) is 5.59. The Morgan fingerprint density at radius 3 is 2.67 bits per heavy atom. The first kappa shape index (κ1) is 12.2. The predicted octanol–water partition coefficient (Wildman–Crippen LogP) is 4.18. The zero-order valence-corrected chi connectivity index (χ0v) is 12.2. The Kier molecular flexibility index (Phi) is 2.61. The first-order valence-corrected chi connectivity index (χ1v) is 7.20. The normalized spacial score (nSPS) is 11.5. The van der Waals surface area contributed by atoms with Gasteiger partial charge in [0.1, 0.15) is 0 Å². The Morgan fingerprint density at radius 1 is 1.05 bits per heavy atom. The van der Waals surface area contributed by atoms with Gasteiger partial charge in [-0.2, -0.15) is 0 Å². The lowest BCUT2D eigenvalue weighted by molar-refractivity contribution is 0.824. The molecule has 104 valence electrons. The van der Waals surface area contributed by atoms with Crippen molar-refractivity contribution in [3.8, 4) is 0 Å². The van der Waals surface area contributed by atoms with E-state index in [1.165, 1.54) is 33.2 Å². The fourth-order valence-electron chi connectivity index (χ4n) is 3.01. The number of hydrogen-bond donors (Lipinski definition) is 1. The van der Waals surface area contributed by atoms with Crippen molar-refractivity contribution in [1.29, 1.82) is 0 Å². The number of aromatic nitrogens is 3. The largest absolute Gasteiger partial charge is 0.358 e. The quantitative estimate of drug-likeness (QED) is 0.585. The van der Waals surface area contributed by atoms with Gasteiger partial charge in [-0.3, -0.25) is 0 Å². The van der Waals surface area contributed by atoms with Crippen LogP contribution in [0.1, 0.15) is 16.8 Å². The fraction of sp³-hybridized carbons (Fsp3) is 0.167. The second kappa shape index (κ2) is 4.48. The number of aryl methyl sites for hydroxylation is 2. The molecule has 3 heteroatoms. The van der Waals surface area contributed by atoms with Crippen molar-refractivity contribution < 1.29 is 0 Å². The number of rotatable bonds is 2. The highest BCUT2D eigenvalue weighted by molar-refractivity contribution is 6.05. The molecule has 0 atom stereocenters. The van der Waals surface area contributed by atoms with Gasteiger partial charge in [0.2, 0.25) is 0 Å². The van der Waals surface area contributed by atoms with Crippen LogP contribution in [0.4, 0.5) is 0 Å². The lowest BCUT2D eigenvalue weighted by atomic mass is 10.1. The van der Waals surface area contributed by atoms with E-state index in [9.17, 15) is 0 Å². The van der Waals surface area contributed by atoms with Crippen molar-refractivity contribution in [3.63, 3.8) is 0 Å². The summed E-state index contributed by atoms with van der Waals surface area (Å²) in [5, 5.41) is 1.25. The van der Waals surface area contributed by atoms with Crippen molar-refractivity contribution in [2.24, 2.45) is 0 Å². The summed E-state index contributed by atoms with van der Waals surface area (Å²) in [6.45, 7) is 5.12. The number of nitrogens with zero attached hydrogens (tertiary/aromatic N) is 2. The summed E-state index contributed by atoms with van der Waals surface area (Å²) < 4.78 is 2.21. The van der Waals surface area contributed by atoms with Gasteiger partial charge in [0.25, 0.3) is 0 Å². The highest BCUT2D eigenvalue weighted by atomic mass is 15.0. The van der Waals surface area contributed by atoms with Gasteiger partial charge < -0.3 is 9.55 Å². The van der Waals surface area contributed by atoms with Crippen molar-refractivity contribution in [3.05, 3.63) is 65.6 Å². The molecule has 0 aliphatic heterocycles. The second-order valence-electron chi connectivity index (χ2n) is 5.59. The predicted molar refractivity (Wildman–Crippen MR) is 86.6 cm³/mol. The van der Waals surface area contributed by atoms with Gasteiger partial charge >= 0.3 is 0 Å². The molecule has 0 radical (unpaired) electrons. The Bertz CT molecular complexity index is 929. The van der Waals surface area contributed by atoms with Crippen LogP contribution in [-0.4, -0.2) is 14.5 Å². The van der Waals surface area contributed by atoms with Gasteiger partial charge in [0.05, 0.1) is 17.4 Å². The molecule has 4 aromatic rings. The maximum Gasteiger partial charge on any atom is 0.0981 e. The number of nitrogens with one attached hydrogen (secondary N) is 1. The van der Waals surface area contributed by atoms with Crippen molar-refractivity contribution in [1.82, 2.24) is 14.5 Å². The number of H-pyrrole nitrogens is 1. The molecule has 0 bridgehead atoms. The summed E-state index contributed by atoms with van der Waals surface area (Å²) in [6.07, 6.45) is 1.94. The van der Waals surface area contributed by atoms with Gasteiger partial charge in [-0.1, -0.05) is 30.3 Å². The molecule has 0 spiro atoms. The third-order valence-corrected chi connectivity index (χ3v) is 4.25. The van der Waals surface area contributed by atoms with E-state index >= 15 is 0 Å². The van der Waals surface area contributed by atoms with Crippen LogP contribution in [0.5, 0.6) is 0 Å². The molecule has 0 aliphatic rings. The number of imidazole rings is 1. The van der Waals surface area contributed by atoms with E-state index in [1.54, 1.807) is 0 Å². The highest BCUT2D eigenvalue weighted by Crippen LogP contribution is 2.29. The number of aromatic amines is 1. The molecule has 2 heterocycles. The molecule has 0 unspecified atom stereocenters. The first-order chi connectivity index (χ1) is 10.2. The lowest BCUT2D eigenvalue weighted by Crippen LogP contribution is -1.97. The summed E-state index contributed by atoms with van der Waals surface area (Å²) >= 11 is 0. The Labute approximate surface area is 123 Å². The maximum absolute atomic E-state index is 4.66. The van der Waals surface area contributed by atoms with Gasteiger partial charge in [0, 0.05) is 23.1 Å². The number of fused-ring (bicyclic) bond motifs is 3. The van der Waals surface area contributed by atoms with Crippen molar-refractivity contribution >= 4 is 21.9 Å². The zero-order chi connectivity index (χ0) is 14.4. The minimum Gasteiger partial charge on any atom is -0.358 e. The molecule has 0 saturated carbocycles. The van der Waals surface area contributed by atoms with Crippen LogP contribution in [0.2, 0.25) is 0 Å². The topological polar surface area (TPSA) is 33.6 Å². The van der Waals surface area contributed by atoms with Gasteiger partial charge in [-0.15, -0.1) is 0 Å². The third-order valence-electron chi connectivity index (χ3n) is 4.25. The SMILES string of the molecule is Cc1[nH]c2ccc3c(ncn3Cc3ccccc3)c2c1C. The molecular formula is C18H17N3. The minimum atomic E-state index is 0.852. The van der Waals surface area contributed by atoms with E-state index in [4.69, 9.17) is 0 Å². The van der Waals surface area contributed by atoms with E-state index in [1.807, 2.05) is 12.4 Å². The molecule has 3 nitrogen and oxygen atoms in total. The minimum absolute atomic E-state index is 0.852. The van der Waals surface area contributed by atoms with Gasteiger partial charge in [-0.25, -0.2) is 4.98 Å². The lowest BCUT2D eigenvalue weighted by Gasteiger charge is -2.04. The van der Waals surface area contributed by atoms with Gasteiger partial charge in [0.15, 0.2) is 0 Å². The molecule has 0 amide bonds. The van der Waals surface area contributed by atoms with Gasteiger partial charge in [-0.05, 0) is 37.1 Å². The van der Waals surface area contributed by atoms with Crippen LogP contribution in [0.3, 0.4) is 0 Å². The Balaban J connectivity index is 1.91. The fourth-order valence-corrected chi connectivity index (χ4v) is 3.01. The van der Waals surface area contributed by atoms with E-state index in [-0.39, 0.29) is 0 Å². The zero-order valence-electron chi connectivity index (χ0n) is 12.2. The van der Waals surface area contributed by atoms with E-state index in [0.717, 1.165) is 12.1 Å². The van der Waals surface area contributed by atoms with Crippen molar-refractivity contribution in [2.45, 2.75) is 20.4 Å². The summed E-state index contributed by atoms with van der Waals surface area (Å²) in [4.78, 5) is 8.09. The molecule has 0 fully saturated rings. The van der Waals surface area contributed by atoms with Crippen LogP contribution in [0.25, 0.3) is 21.9 Å². The average Bonchev–Trinajstić information content (AvgIpc) is 3.02. The van der Waals surface area contributed by atoms with E-state index in [2.05, 4.69) is 64.8 Å². The average molecular weight is 275 g/mol. The summed E-state index contributed by atoms with van der Waals surface area (Å²) in [7, 11) is 0. The summed E-state index contributed by atoms with van der Waals surface area (Å²) in [5.41, 5.74) is 7.25. The molecule has 2 aromatic heterocycles. The van der Waals surface area contributed by atoms with Crippen LogP contribution < -0.4 is 0 Å². The molecule has 21 heavy (non-hydrogen) atoms. The molecule has 0 aliphatic carbocycles. The number of hydrogen-bond acceptors (Lipinski definition) is 1. The Morgan fingerprint density at radius 2 is 1.86 bits per heavy atom. The molecule has 4 rings (SSSR count). The maximum atomic E-state index is 4.66. The smallest absolute Gasteiger partial charge is 0.0981 e. The first-order valence-electron chi connectivity index (χ1n) is 7.20. The van der Waals surface area contributed by atoms with Crippen LogP contribution in [-0.2, 0) is 6.54 Å². The monoisotopic (exact) mass is 275 g/mol. The third kappa shape index (κ3) is 1.85. The number of benzene rings is 2. The standard InChI is InChI=1S/C18H17N3/c1-12-13(2)20-15-8-9-16-18(17(12)15)19-11-21(16)10-14-6-4-3-5-7-14/h3-9,11,20H,10H2,1-2H3. The molecule has 0 saturated heterocycles. The van der Waals surface area contributed by atoms with Crippen LogP contribution in [0.15, 0.2) is 48.8 Å². The van der Waals surface area contributed by atoms with Crippen LogP contribution >= 0.6 is 0 Å².